The Morgan fingerprint density at radius 2 is 1.60 bits per heavy atom. The van der Waals surface area contributed by atoms with Crippen LogP contribution in [0.5, 0.6) is 5.88 Å². The van der Waals surface area contributed by atoms with Gasteiger partial charge in [-0.05, 0) is 30.3 Å². The van der Waals surface area contributed by atoms with Crippen LogP contribution in [-0.4, -0.2) is 20.9 Å². The van der Waals surface area contributed by atoms with E-state index in [2.05, 4.69) is 9.98 Å². The number of aromatic hydroxyl groups is 1. The summed E-state index contributed by atoms with van der Waals surface area (Å²) in [4.78, 5) is 21.3. The number of rotatable bonds is 3. The third-order valence-corrected chi connectivity index (χ3v) is 4.53. The number of aliphatic imine (C=N–C) groups is 1. The number of alkyl halides is 3. The Bertz CT molecular complexity index is 1310. The molecule has 0 radical (unpaired) electrons. The second-order valence-corrected chi connectivity index (χ2v) is 6.38. The quantitative estimate of drug-likeness (QED) is 0.492. The van der Waals surface area contributed by atoms with Gasteiger partial charge in [-0.25, -0.2) is 14.5 Å². The van der Waals surface area contributed by atoms with E-state index < -0.39 is 28.9 Å². The van der Waals surface area contributed by atoms with Crippen molar-refractivity contribution in [2.45, 2.75) is 6.18 Å². The third kappa shape index (κ3) is 3.43. The molecule has 0 atom stereocenters. The zero-order chi connectivity index (χ0) is 21.3. The molecule has 0 amide bonds. The van der Waals surface area contributed by atoms with Crippen molar-refractivity contribution in [2.75, 3.05) is 0 Å². The summed E-state index contributed by atoms with van der Waals surface area (Å²) in [6.07, 6.45) is -1.90. The van der Waals surface area contributed by atoms with Crippen molar-refractivity contribution >= 4 is 22.8 Å². The minimum absolute atomic E-state index is 0.104. The van der Waals surface area contributed by atoms with E-state index in [0.29, 0.717) is 15.8 Å². The average Bonchev–Trinajstić information content (AvgIpc) is 2.74. The van der Waals surface area contributed by atoms with Crippen LogP contribution in [0.1, 0.15) is 11.1 Å². The minimum atomic E-state index is -4.71. The van der Waals surface area contributed by atoms with Gasteiger partial charge in [-0.3, -0.25) is 4.79 Å². The molecule has 0 aliphatic rings. The summed E-state index contributed by atoms with van der Waals surface area (Å²) in [7, 11) is 0. The van der Waals surface area contributed by atoms with Gasteiger partial charge in [0, 0.05) is 23.2 Å². The molecule has 0 saturated heterocycles. The first-order valence-electron chi connectivity index (χ1n) is 8.86. The predicted molar refractivity (Wildman–Crippen MR) is 108 cm³/mol. The van der Waals surface area contributed by atoms with Crippen LogP contribution >= 0.6 is 0 Å². The van der Waals surface area contributed by atoms with Gasteiger partial charge in [-0.15, -0.1) is 0 Å². The fraction of sp³-hybridized carbons (Fsp3) is 0.0455. The first-order valence-corrected chi connectivity index (χ1v) is 8.86. The summed E-state index contributed by atoms with van der Waals surface area (Å²) in [5.41, 5.74) is -2.17. The van der Waals surface area contributed by atoms with E-state index >= 15 is 0 Å². The first-order chi connectivity index (χ1) is 14.4. The van der Waals surface area contributed by atoms with E-state index in [1.165, 1.54) is 30.6 Å². The van der Waals surface area contributed by atoms with Gasteiger partial charge in [-0.2, -0.15) is 13.2 Å². The lowest BCUT2D eigenvalue weighted by Gasteiger charge is -2.17. The van der Waals surface area contributed by atoms with Crippen LogP contribution in [0.3, 0.4) is 0 Å². The van der Waals surface area contributed by atoms with Crippen LogP contribution in [0, 0.1) is 0 Å². The molecule has 0 spiro atoms. The third-order valence-electron chi connectivity index (χ3n) is 4.53. The summed E-state index contributed by atoms with van der Waals surface area (Å²) in [6, 6.07) is 16.0. The summed E-state index contributed by atoms with van der Waals surface area (Å²) < 4.78 is 41.3. The van der Waals surface area contributed by atoms with Gasteiger partial charge < -0.3 is 5.11 Å². The summed E-state index contributed by atoms with van der Waals surface area (Å²) >= 11 is 0. The summed E-state index contributed by atoms with van der Waals surface area (Å²) in [5, 5.41) is 11.4. The molecule has 0 saturated carbocycles. The number of para-hydroxylation sites is 1. The molecule has 2 aromatic carbocycles. The highest BCUT2D eigenvalue weighted by Crippen LogP contribution is 2.35. The highest BCUT2D eigenvalue weighted by molar-refractivity contribution is 6.02. The SMILES string of the molecule is O=c1c2ccccc2c(/C=N/c2ccccn2)c(O)n1-c1ccccc1C(F)(F)F. The van der Waals surface area contributed by atoms with Gasteiger partial charge in [0.1, 0.15) is 0 Å². The maximum absolute atomic E-state index is 13.5. The van der Waals surface area contributed by atoms with Gasteiger partial charge in [0.05, 0.1) is 16.8 Å². The van der Waals surface area contributed by atoms with Crippen molar-refractivity contribution in [3.8, 4) is 11.6 Å². The fourth-order valence-corrected chi connectivity index (χ4v) is 3.18. The molecular formula is C22H14F3N3O2. The zero-order valence-corrected chi connectivity index (χ0v) is 15.3. The normalized spacial score (nSPS) is 12.0. The molecule has 4 rings (SSSR count). The number of hydrogen-bond donors (Lipinski definition) is 1. The van der Waals surface area contributed by atoms with Gasteiger partial charge in [0.15, 0.2) is 5.82 Å². The minimum Gasteiger partial charge on any atom is -0.494 e. The van der Waals surface area contributed by atoms with E-state index in [9.17, 15) is 23.1 Å². The Balaban J connectivity index is 2.04. The number of fused-ring (bicyclic) bond motifs is 1. The van der Waals surface area contributed by atoms with Crippen molar-refractivity contribution in [1.29, 1.82) is 0 Å². The van der Waals surface area contributed by atoms with Crippen LogP contribution in [0.25, 0.3) is 16.5 Å². The Kier molecular flexibility index (Phi) is 4.83. The van der Waals surface area contributed by atoms with E-state index in [0.717, 1.165) is 12.1 Å². The topological polar surface area (TPSA) is 67.5 Å². The first kappa shape index (κ1) is 19.4. The molecule has 2 aromatic heterocycles. The van der Waals surface area contributed by atoms with Crippen molar-refractivity contribution < 1.29 is 18.3 Å². The lowest BCUT2D eigenvalue weighted by molar-refractivity contribution is -0.137. The Morgan fingerprint density at radius 1 is 0.933 bits per heavy atom. The molecule has 30 heavy (non-hydrogen) atoms. The molecule has 1 N–H and O–H groups in total. The molecule has 2 heterocycles. The van der Waals surface area contributed by atoms with Gasteiger partial charge >= 0.3 is 6.18 Å². The lowest BCUT2D eigenvalue weighted by Crippen LogP contribution is -2.23. The average molecular weight is 409 g/mol. The van der Waals surface area contributed by atoms with Crippen LogP contribution in [0.4, 0.5) is 19.0 Å². The molecule has 0 unspecified atom stereocenters. The zero-order valence-electron chi connectivity index (χ0n) is 15.3. The van der Waals surface area contributed by atoms with Crippen LogP contribution in [-0.2, 0) is 6.18 Å². The van der Waals surface area contributed by atoms with E-state index in [4.69, 9.17) is 0 Å². The molecule has 8 heteroatoms. The summed E-state index contributed by atoms with van der Waals surface area (Å²) in [6.45, 7) is 0. The molecule has 0 bridgehead atoms. The monoisotopic (exact) mass is 409 g/mol. The predicted octanol–water partition coefficient (Wildman–Crippen LogP) is 4.86. The number of pyridine rings is 2. The largest absolute Gasteiger partial charge is 0.494 e. The van der Waals surface area contributed by atoms with Crippen molar-refractivity contribution in [1.82, 2.24) is 9.55 Å². The number of halogens is 3. The number of hydrogen-bond acceptors (Lipinski definition) is 4. The van der Waals surface area contributed by atoms with Crippen molar-refractivity contribution in [3.63, 3.8) is 0 Å². The lowest BCUT2D eigenvalue weighted by atomic mass is 10.1. The molecule has 0 aliphatic heterocycles. The number of benzene rings is 2. The van der Waals surface area contributed by atoms with E-state index in [1.807, 2.05) is 0 Å². The maximum atomic E-state index is 13.5. The molecule has 150 valence electrons. The smallest absolute Gasteiger partial charge is 0.418 e. The van der Waals surface area contributed by atoms with Crippen LogP contribution in [0.15, 0.2) is 82.7 Å². The van der Waals surface area contributed by atoms with Gasteiger partial charge in [0.25, 0.3) is 5.56 Å². The molecular weight excluding hydrogens is 395 g/mol. The van der Waals surface area contributed by atoms with E-state index in [-0.39, 0.29) is 10.9 Å². The Labute approximate surface area is 168 Å². The highest BCUT2D eigenvalue weighted by atomic mass is 19.4. The van der Waals surface area contributed by atoms with Crippen molar-refractivity contribution in [3.05, 3.63) is 94.4 Å². The molecule has 5 nitrogen and oxygen atoms in total. The van der Waals surface area contributed by atoms with Crippen LogP contribution < -0.4 is 5.56 Å². The molecule has 4 aromatic rings. The maximum Gasteiger partial charge on any atom is 0.418 e. The molecule has 0 aliphatic carbocycles. The Morgan fingerprint density at radius 3 is 2.30 bits per heavy atom. The number of aromatic nitrogens is 2. The standard InChI is InChI=1S/C22H14F3N3O2/c23-22(24,25)17-9-3-4-10-18(17)28-20(29)15-8-2-1-7-14(15)16(21(28)30)13-27-19-11-5-6-12-26-19/h1-13,30H/b27-13+. The fourth-order valence-electron chi connectivity index (χ4n) is 3.18. The molecule has 0 fully saturated rings. The van der Waals surface area contributed by atoms with E-state index in [1.54, 1.807) is 36.4 Å². The van der Waals surface area contributed by atoms with Crippen molar-refractivity contribution in [2.24, 2.45) is 4.99 Å². The Hall–Kier alpha value is -3.94. The second-order valence-electron chi connectivity index (χ2n) is 6.38. The number of nitrogens with zero attached hydrogens (tertiary/aromatic N) is 3. The summed E-state index contributed by atoms with van der Waals surface area (Å²) in [5.74, 6) is -0.301. The van der Waals surface area contributed by atoms with Crippen LogP contribution in [0.2, 0.25) is 0 Å². The second kappa shape index (κ2) is 7.47. The van der Waals surface area contributed by atoms with Gasteiger partial charge in [0.2, 0.25) is 5.88 Å². The highest BCUT2D eigenvalue weighted by Gasteiger charge is 2.34. The van der Waals surface area contributed by atoms with Gasteiger partial charge in [-0.1, -0.05) is 36.4 Å².